The Morgan fingerprint density at radius 2 is 2.14 bits per heavy atom. The molecule has 0 aliphatic carbocycles. The molecule has 2 heterocycles. The minimum absolute atomic E-state index is 0. The molecule has 0 bridgehead atoms. The van der Waals surface area contributed by atoms with Crippen LogP contribution in [-0.2, 0) is 13.1 Å². The number of fused-ring (bicyclic) bond motifs is 1. The van der Waals surface area contributed by atoms with Crippen molar-refractivity contribution in [2.24, 2.45) is 11.7 Å². The van der Waals surface area contributed by atoms with E-state index in [2.05, 4.69) is 47.7 Å². The molecule has 1 saturated heterocycles. The van der Waals surface area contributed by atoms with E-state index in [0.717, 1.165) is 26.2 Å². The van der Waals surface area contributed by atoms with Gasteiger partial charge >= 0.3 is 0 Å². The highest BCUT2D eigenvalue weighted by molar-refractivity contribution is 5.85. The summed E-state index contributed by atoms with van der Waals surface area (Å²) in [5, 5.41) is 6.11. The van der Waals surface area contributed by atoms with Crippen molar-refractivity contribution < 1.29 is 0 Å². The number of benzene rings is 1. The van der Waals surface area contributed by atoms with E-state index >= 15 is 0 Å². The van der Waals surface area contributed by atoms with Crippen molar-refractivity contribution in [3.8, 4) is 0 Å². The summed E-state index contributed by atoms with van der Waals surface area (Å²) in [5.41, 5.74) is 8.54. The molecule has 0 amide bonds. The molecule has 2 aromatic rings. The molecule has 22 heavy (non-hydrogen) atoms. The zero-order chi connectivity index (χ0) is 14.8. The Bertz CT molecular complexity index is 608. The molecule has 1 aromatic heterocycles. The molecule has 0 spiro atoms. The van der Waals surface area contributed by atoms with Gasteiger partial charge in [0.05, 0.1) is 11.2 Å². The topological polar surface area (TPSA) is 47.1 Å². The molecule has 3 rings (SSSR count). The Morgan fingerprint density at radius 3 is 2.86 bits per heavy atom. The van der Waals surface area contributed by atoms with Gasteiger partial charge in [0, 0.05) is 31.1 Å². The second-order valence-corrected chi connectivity index (χ2v) is 6.28. The van der Waals surface area contributed by atoms with Crippen molar-refractivity contribution in [3.63, 3.8) is 0 Å². The van der Waals surface area contributed by atoms with Crippen molar-refractivity contribution >= 4 is 23.3 Å². The number of piperidine rings is 1. The molecular weight excluding hydrogens is 296 g/mol. The quantitative estimate of drug-likeness (QED) is 0.941. The molecule has 1 aliphatic rings. The maximum Gasteiger partial charge on any atom is 0.0843 e. The monoisotopic (exact) mass is 322 g/mol. The minimum Gasteiger partial charge on any atom is -0.328 e. The predicted octanol–water partition coefficient (Wildman–Crippen LogP) is 3.04. The maximum atomic E-state index is 6.09. The molecule has 1 aromatic carbocycles. The smallest absolute Gasteiger partial charge is 0.0843 e. The molecule has 2 N–H and O–H groups in total. The van der Waals surface area contributed by atoms with Crippen molar-refractivity contribution in [3.05, 3.63) is 30.0 Å². The van der Waals surface area contributed by atoms with E-state index in [9.17, 15) is 0 Å². The number of hydrogen-bond acceptors (Lipinski definition) is 3. The van der Waals surface area contributed by atoms with E-state index in [0.29, 0.717) is 5.92 Å². The number of aromatic nitrogens is 2. The summed E-state index contributed by atoms with van der Waals surface area (Å²) in [5.74, 6) is 0.623. The van der Waals surface area contributed by atoms with Crippen molar-refractivity contribution in [1.29, 1.82) is 0 Å². The second-order valence-electron chi connectivity index (χ2n) is 6.28. The Hall–Kier alpha value is -1.10. The van der Waals surface area contributed by atoms with Crippen LogP contribution in [0, 0.1) is 5.92 Å². The Kier molecular flexibility index (Phi) is 5.84. The highest BCUT2D eigenvalue weighted by Gasteiger charge is 2.23. The fraction of sp³-hybridized carbons (Fsp3) is 0.588. The summed E-state index contributed by atoms with van der Waals surface area (Å²) < 4.78 is 2.11. The third kappa shape index (κ3) is 3.45. The lowest BCUT2D eigenvalue weighted by molar-refractivity contribution is 0.153. The third-order valence-electron chi connectivity index (χ3n) is 4.69. The van der Waals surface area contributed by atoms with Crippen LogP contribution in [0.4, 0.5) is 0 Å². The fourth-order valence-corrected chi connectivity index (χ4v) is 3.43. The fourth-order valence-electron chi connectivity index (χ4n) is 3.43. The molecule has 122 valence electrons. The van der Waals surface area contributed by atoms with Crippen LogP contribution in [0.3, 0.4) is 0 Å². The van der Waals surface area contributed by atoms with Gasteiger partial charge in [0.1, 0.15) is 0 Å². The highest BCUT2D eigenvalue weighted by Crippen LogP contribution is 2.24. The van der Waals surface area contributed by atoms with Gasteiger partial charge in [0.15, 0.2) is 0 Å². The van der Waals surface area contributed by atoms with Gasteiger partial charge in [-0.05, 0) is 45.2 Å². The highest BCUT2D eigenvalue weighted by atomic mass is 35.5. The zero-order valence-corrected chi connectivity index (χ0v) is 14.4. The summed E-state index contributed by atoms with van der Waals surface area (Å²) in [6, 6.07) is 8.84. The van der Waals surface area contributed by atoms with Gasteiger partial charge in [-0.3, -0.25) is 9.58 Å². The predicted molar refractivity (Wildman–Crippen MR) is 94.3 cm³/mol. The second kappa shape index (κ2) is 7.44. The average Bonchev–Trinajstić information content (AvgIpc) is 2.86. The normalized spacial score (nSPS) is 20.8. The third-order valence-corrected chi connectivity index (χ3v) is 4.69. The first-order chi connectivity index (χ1) is 10.2. The van der Waals surface area contributed by atoms with Gasteiger partial charge in [-0.2, -0.15) is 5.10 Å². The van der Waals surface area contributed by atoms with Gasteiger partial charge in [0.2, 0.25) is 0 Å². The van der Waals surface area contributed by atoms with Gasteiger partial charge in [-0.1, -0.05) is 18.2 Å². The first-order valence-electron chi connectivity index (χ1n) is 8.11. The lowest BCUT2D eigenvalue weighted by atomic mass is 9.92. The first-order valence-corrected chi connectivity index (χ1v) is 8.11. The van der Waals surface area contributed by atoms with Crippen LogP contribution in [-0.4, -0.2) is 33.8 Å². The lowest BCUT2D eigenvalue weighted by Gasteiger charge is -2.34. The van der Waals surface area contributed by atoms with Crippen molar-refractivity contribution in [2.45, 2.75) is 45.8 Å². The van der Waals surface area contributed by atoms with Crippen LogP contribution in [0.2, 0.25) is 0 Å². The van der Waals surface area contributed by atoms with Crippen molar-refractivity contribution in [2.75, 3.05) is 13.1 Å². The summed E-state index contributed by atoms with van der Waals surface area (Å²) in [6.07, 6.45) is 2.51. The van der Waals surface area contributed by atoms with Gasteiger partial charge in [-0.15, -0.1) is 12.4 Å². The number of aryl methyl sites for hydroxylation is 1. The lowest BCUT2D eigenvalue weighted by Crippen LogP contribution is -2.42. The first kappa shape index (κ1) is 17.3. The minimum atomic E-state index is 0. The number of nitrogens with zero attached hydrogens (tertiary/aromatic N) is 3. The van der Waals surface area contributed by atoms with Crippen LogP contribution in [0.25, 0.3) is 10.9 Å². The van der Waals surface area contributed by atoms with Gasteiger partial charge in [0.25, 0.3) is 0 Å². The van der Waals surface area contributed by atoms with Crippen LogP contribution < -0.4 is 5.73 Å². The average molecular weight is 323 g/mol. The summed E-state index contributed by atoms with van der Waals surface area (Å²) in [7, 11) is 0. The van der Waals surface area contributed by atoms with E-state index in [4.69, 9.17) is 10.8 Å². The summed E-state index contributed by atoms with van der Waals surface area (Å²) >= 11 is 0. The number of nitrogens with two attached hydrogens (primary N) is 1. The molecule has 1 fully saturated rings. The van der Waals surface area contributed by atoms with Crippen LogP contribution in [0.1, 0.15) is 32.4 Å². The van der Waals surface area contributed by atoms with Crippen LogP contribution in [0.5, 0.6) is 0 Å². The standard InChI is InChI=1S/C17H26N4.ClH/c1-3-21-17-9-5-4-8-15(17)16(19-21)12-20-10-6-7-14(11-20)13(2)18;/h4-5,8-9,13-14H,3,6-7,10-12,18H2,1-2H3;1H. The number of rotatable bonds is 4. The van der Waals surface area contributed by atoms with Crippen LogP contribution in [0.15, 0.2) is 24.3 Å². The zero-order valence-electron chi connectivity index (χ0n) is 13.5. The molecule has 2 atom stereocenters. The Morgan fingerprint density at radius 1 is 1.36 bits per heavy atom. The van der Waals surface area contributed by atoms with E-state index in [1.807, 2.05) is 0 Å². The largest absolute Gasteiger partial charge is 0.328 e. The summed E-state index contributed by atoms with van der Waals surface area (Å²) in [4.78, 5) is 2.52. The molecular formula is C17H27ClN4. The number of halogens is 1. The summed E-state index contributed by atoms with van der Waals surface area (Å²) in [6.45, 7) is 8.41. The van der Waals surface area contributed by atoms with E-state index in [-0.39, 0.29) is 18.4 Å². The maximum absolute atomic E-state index is 6.09. The van der Waals surface area contributed by atoms with E-state index in [1.165, 1.54) is 29.4 Å². The molecule has 5 heteroatoms. The molecule has 2 unspecified atom stereocenters. The van der Waals surface area contributed by atoms with Crippen LogP contribution >= 0.6 is 12.4 Å². The van der Waals surface area contributed by atoms with Gasteiger partial charge in [-0.25, -0.2) is 0 Å². The molecule has 0 saturated carbocycles. The number of likely N-dealkylation sites (tertiary alicyclic amines) is 1. The Labute approximate surface area is 139 Å². The van der Waals surface area contributed by atoms with E-state index < -0.39 is 0 Å². The SMILES string of the molecule is CCn1nc(CN2CCCC(C(C)N)C2)c2ccccc21.Cl. The molecule has 1 aliphatic heterocycles. The number of hydrogen-bond donors (Lipinski definition) is 1. The molecule has 0 radical (unpaired) electrons. The molecule has 4 nitrogen and oxygen atoms in total. The number of para-hydroxylation sites is 1. The van der Waals surface area contributed by atoms with Gasteiger partial charge < -0.3 is 5.73 Å². The van der Waals surface area contributed by atoms with Crippen molar-refractivity contribution in [1.82, 2.24) is 14.7 Å². The Balaban J connectivity index is 0.00000176. The van der Waals surface area contributed by atoms with E-state index in [1.54, 1.807) is 0 Å².